The number of benzene rings is 2. The molecule has 0 saturated carbocycles. The Morgan fingerprint density at radius 1 is 1.11 bits per heavy atom. The molecule has 0 bridgehead atoms. The van der Waals surface area contributed by atoms with E-state index >= 15 is 0 Å². The molecule has 8 heteroatoms. The lowest BCUT2D eigenvalue weighted by Crippen LogP contribution is -2.35. The minimum atomic E-state index is -0.929. The number of fused-ring (bicyclic) bond motifs is 1. The number of carboxylic acids is 1. The predicted molar refractivity (Wildman–Crippen MR) is 143 cm³/mol. The van der Waals surface area contributed by atoms with Crippen LogP contribution >= 0.6 is 23.1 Å². The average Bonchev–Trinajstić information content (AvgIpc) is 3.36. The molecule has 0 radical (unpaired) electrons. The van der Waals surface area contributed by atoms with E-state index in [1.165, 1.54) is 11.3 Å². The summed E-state index contributed by atoms with van der Waals surface area (Å²) in [5, 5.41) is 10.1. The summed E-state index contributed by atoms with van der Waals surface area (Å²) in [6.45, 7) is 3.22. The second-order valence-electron chi connectivity index (χ2n) is 8.31. The normalized spacial score (nSPS) is 18.9. The van der Waals surface area contributed by atoms with Crippen LogP contribution in [0.3, 0.4) is 0 Å². The van der Waals surface area contributed by atoms with Crippen LogP contribution in [-0.4, -0.2) is 33.6 Å². The fourth-order valence-corrected chi connectivity index (χ4v) is 6.74. The molecule has 1 N–H and O–H groups in total. The first-order valence-electron chi connectivity index (χ1n) is 11.4. The summed E-state index contributed by atoms with van der Waals surface area (Å²) in [7, 11) is 2.01. The summed E-state index contributed by atoms with van der Waals surface area (Å²) in [5.74, 6) is -0.929. The van der Waals surface area contributed by atoms with Crippen molar-refractivity contribution in [3.63, 3.8) is 0 Å². The van der Waals surface area contributed by atoms with Gasteiger partial charge in [0.05, 0.1) is 22.0 Å². The van der Waals surface area contributed by atoms with Crippen LogP contribution in [0.2, 0.25) is 0 Å². The van der Waals surface area contributed by atoms with Crippen molar-refractivity contribution in [1.82, 2.24) is 9.47 Å². The number of carboxylic acid groups (broad SMARTS) is 1. The molecule has 2 aliphatic heterocycles. The molecule has 2 aromatic carbocycles. The van der Waals surface area contributed by atoms with E-state index < -0.39 is 5.97 Å². The van der Waals surface area contributed by atoms with Crippen molar-refractivity contribution in [2.45, 2.75) is 31.0 Å². The molecule has 0 spiro atoms. The molecule has 1 aromatic heterocycles. The molecular formula is C27H25N3O3S2. The van der Waals surface area contributed by atoms with E-state index in [1.54, 1.807) is 23.9 Å². The number of thiazole rings is 1. The van der Waals surface area contributed by atoms with E-state index in [2.05, 4.69) is 34.1 Å². The number of nitrogens with zero attached hydrogens (tertiary/aromatic N) is 3. The monoisotopic (exact) mass is 503 g/mol. The number of allylic oxidation sites excluding steroid dienone is 2. The third-order valence-corrected chi connectivity index (χ3v) is 8.62. The predicted octanol–water partition coefficient (Wildman–Crippen LogP) is 3.67. The van der Waals surface area contributed by atoms with Crippen LogP contribution in [0.5, 0.6) is 0 Å². The van der Waals surface area contributed by atoms with Crippen LogP contribution in [0.4, 0.5) is 5.69 Å². The zero-order valence-corrected chi connectivity index (χ0v) is 21.1. The first kappa shape index (κ1) is 23.3. The van der Waals surface area contributed by atoms with Crippen molar-refractivity contribution in [2.75, 3.05) is 11.9 Å². The molecule has 1 unspecified atom stereocenters. The molecule has 35 heavy (non-hydrogen) atoms. The number of hydrogen-bond acceptors (Lipinski definition) is 6. The first-order valence-corrected chi connectivity index (χ1v) is 13.0. The molecule has 3 aromatic rings. The molecule has 178 valence electrons. The largest absolute Gasteiger partial charge is 0.478 e. The molecule has 6 nitrogen and oxygen atoms in total. The van der Waals surface area contributed by atoms with Crippen LogP contribution in [0.25, 0.3) is 11.1 Å². The van der Waals surface area contributed by atoms with Gasteiger partial charge in [-0.1, -0.05) is 48.2 Å². The van der Waals surface area contributed by atoms with Gasteiger partial charge >= 0.3 is 5.97 Å². The van der Waals surface area contributed by atoms with Gasteiger partial charge in [0.2, 0.25) is 0 Å². The van der Waals surface area contributed by atoms with Gasteiger partial charge in [-0.05, 0) is 48.9 Å². The summed E-state index contributed by atoms with van der Waals surface area (Å²) < 4.78 is 3.53. The van der Waals surface area contributed by atoms with Crippen LogP contribution in [0.15, 0.2) is 82.6 Å². The highest BCUT2D eigenvalue weighted by atomic mass is 32.2. The molecule has 3 heterocycles. The van der Waals surface area contributed by atoms with Gasteiger partial charge in [0.1, 0.15) is 9.56 Å². The van der Waals surface area contributed by atoms with Gasteiger partial charge in [0.25, 0.3) is 5.56 Å². The Bertz CT molecular complexity index is 1520. The summed E-state index contributed by atoms with van der Waals surface area (Å²) in [6.07, 6.45) is 10.3. The Balaban J connectivity index is 1.51. The van der Waals surface area contributed by atoms with E-state index in [0.29, 0.717) is 13.1 Å². The van der Waals surface area contributed by atoms with Crippen LogP contribution < -0.4 is 19.7 Å². The van der Waals surface area contributed by atoms with E-state index in [-0.39, 0.29) is 17.2 Å². The zero-order valence-electron chi connectivity index (χ0n) is 19.4. The van der Waals surface area contributed by atoms with Crippen molar-refractivity contribution in [2.24, 2.45) is 0 Å². The number of thioether (sulfide) groups is 1. The van der Waals surface area contributed by atoms with Gasteiger partial charge in [-0.2, -0.15) is 0 Å². The molecule has 0 aliphatic carbocycles. The van der Waals surface area contributed by atoms with E-state index in [4.69, 9.17) is 5.11 Å². The summed E-state index contributed by atoms with van der Waals surface area (Å²) >= 11 is 3.18. The Labute approximate surface area is 211 Å². The standard InChI is InChI=1S/C27H25N3O3S2/c1-3-30-23(35-24(25(30)31)26-28(2)21-9-4-5-10-22(21)34-26)16-20-8-6-7-15-29(20)17-18-11-13-19(14-12-18)27(32)33/h4-16,20H,3,17H2,1-2H3,(H,32,33). The maximum absolute atomic E-state index is 13.4. The Hall–Kier alpha value is -3.49. The van der Waals surface area contributed by atoms with Gasteiger partial charge in [-0.15, -0.1) is 11.3 Å². The van der Waals surface area contributed by atoms with Crippen molar-refractivity contribution >= 4 is 45.9 Å². The molecule has 0 saturated heterocycles. The Morgan fingerprint density at radius 3 is 2.60 bits per heavy atom. The fraction of sp³-hybridized carbons (Fsp3) is 0.185. The Kier molecular flexibility index (Phi) is 6.40. The minimum absolute atomic E-state index is 0.0287. The summed E-state index contributed by atoms with van der Waals surface area (Å²) in [6, 6.07) is 15.1. The molecule has 0 amide bonds. The number of carbonyl (C=O) groups is 1. The third-order valence-electron chi connectivity index (χ3n) is 6.12. The SMILES string of the molecule is CCn1c(=CC2C=CC=CN2Cc2ccc(C(=O)O)cc2)sc(=C2Sc3ccccc3N2C)c1=O. The fourth-order valence-electron chi connectivity index (χ4n) is 4.25. The first-order chi connectivity index (χ1) is 17.0. The number of hydrogen-bond donors (Lipinski definition) is 1. The van der Waals surface area contributed by atoms with Gasteiger partial charge in [-0.3, -0.25) is 9.36 Å². The molecule has 5 rings (SSSR count). The third kappa shape index (κ3) is 4.47. The highest BCUT2D eigenvalue weighted by molar-refractivity contribution is 8.08. The summed E-state index contributed by atoms with van der Waals surface area (Å²) in [4.78, 5) is 30.0. The average molecular weight is 504 g/mol. The highest BCUT2D eigenvalue weighted by Crippen LogP contribution is 2.44. The highest BCUT2D eigenvalue weighted by Gasteiger charge is 2.24. The van der Waals surface area contributed by atoms with Gasteiger partial charge < -0.3 is 14.9 Å². The minimum Gasteiger partial charge on any atom is -0.478 e. The second kappa shape index (κ2) is 9.64. The molecular weight excluding hydrogens is 478 g/mol. The Morgan fingerprint density at radius 2 is 1.89 bits per heavy atom. The second-order valence-corrected chi connectivity index (χ2v) is 10.4. The number of para-hydroxylation sites is 1. The quantitative estimate of drug-likeness (QED) is 0.573. The van der Waals surface area contributed by atoms with Gasteiger partial charge in [0.15, 0.2) is 0 Å². The van der Waals surface area contributed by atoms with Crippen LogP contribution in [0, 0.1) is 0 Å². The van der Waals surface area contributed by atoms with E-state index in [0.717, 1.165) is 30.4 Å². The zero-order chi connectivity index (χ0) is 24.5. The van der Waals surface area contributed by atoms with E-state index in [9.17, 15) is 9.59 Å². The summed E-state index contributed by atoms with van der Waals surface area (Å²) in [5.41, 5.74) is 2.45. The maximum atomic E-state index is 13.4. The van der Waals surface area contributed by atoms with Crippen molar-refractivity contribution < 1.29 is 9.90 Å². The van der Waals surface area contributed by atoms with E-state index in [1.807, 2.05) is 61.2 Å². The number of aromatic nitrogens is 1. The number of anilines is 1. The van der Waals surface area contributed by atoms with Crippen LogP contribution in [0.1, 0.15) is 22.8 Å². The van der Waals surface area contributed by atoms with Crippen LogP contribution in [-0.2, 0) is 13.1 Å². The lowest BCUT2D eigenvalue weighted by atomic mass is 10.1. The van der Waals surface area contributed by atoms with Gasteiger partial charge in [-0.25, -0.2) is 4.79 Å². The molecule has 1 atom stereocenters. The number of aromatic carboxylic acids is 1. The smallest absolute Gasteiger partial charge is 0.335 e. The lowest BCUT2D eigenvalue weighted by molar-refractivity contribution is 0.0697. The van der Waals surface area contributed by atoms with Crippen molar-refractivity contribution in [1.29, 1.82) is 0 Å². The molecule has 2 aliphatic rings. The van der Waals surface area contributed by atoms with Gasteiger partial charge in [0, 0.05) is 31.2 Å². The van der Waals surface area contributed by atoms with Crippen molar-refractivity contribution in [3.05, 3.63) is 104 Å². The topological polar surface area (TPSA) is 65.8 Å². The number of rotatable bonds is 5. The van der Waals surface area contributed by atoms with Crippen molar-refractivity contribution in [3.8, 4) is 0 Å². The maximum Gasteiger partial charge on any atom is 0.335 e. The molecule has 0 fully saturated rings. The lowest BCUT2D eigenvalue weighted by Gasteiger charge is -2.28.